The standard InChI is InChI=1S/C15H26N4O2.2ClH/c1-3-16-6-8-18(12-16)14-20-10-5-11-21-15-19-9-7-17(4-2)13-19;;/h6-9,12-13H,3-5,10-11,14-15H2,1-2H3;2*1H/q+2;;/p-2. The van der Waals surface area contributed by atoms with Crippen molar-refractivity contribution in [2.45, 2.75) is 46.8 Å². The third-order valence-electron chi connectivity index (χ3n) is 3.28. The molecule has 0 aromatic carbocycles. The number of aromatic nitrogens is 4. The Labute approximate surface area is 150 Å². The molecule has 0 saturated carbocycles. The number of nitrogens with zero attached hydrogens (tertiary/aromatic N) is 4. The Kier molecular flexibility index (Phi) is 11.8. The molecule has 0 atom stereocenters. The molecule has 0 bridgehead atoms. The van der Waals surface area contributed by atoms with Crippen LogP contribution >= 0.6 is 0 Å². The van der Waals surface area contributed by atoms with Gasteiger partial charge < -0.3 is 34.3 Å². The average molecular weight is 365 g/mol. The molecular weight excluding hydrogens is 339 g/mol. The third-order valence-corrected chi connectivity index (χ3v) is 3.28. The van der Waals surface area contributed by atoms with E-state index in [2.05, 4.69) is 23.0 Å². The molecule has 2 heterocycles. The second kappa shape index (κ2) is 12.4. The maximum absolute atomic E-state index is 5.61. The monoisotopic (exact) mass is 364 g/mol. The van der Waals surface area contributed by atoms with Crippen LogP contribution in [0.3, 0.4) is 0 Å². The molecule has 0 fully saturated rings. The normalized spacial score (nSPS) is 10.2. The van der Waals surface area contributed by atoms with Crippen molar-refractivity contribution in [1.29, 1.82) is 0 Å². The highest BCUT2D eigenvalue weighted by atomic mass is 35.5. The molecule has 2 aromatic rings. The van der Waals surface area contributed by atoms with Crippen LogP contribution in [0.4, 0.5) is 0 Å². The van der Waals surface area contributed by atoms with E-state index in [1.165, 1.54) is 0 Å². The number of aryl methyl sites for hydroxylation is 2. The molecule has 2 aromatic heterocycles. The van der Waals surface area contributed by atoms with E-state index in [0.717, 1.165) is 19.5 Å². The van der Waals surface area contributed by atoms with E-state index in [0.29, 0.717) is 26.7 Å². The number of ether oxygens (including phenoxy) is 2. The Bertz CT molecular complexity index is 485. The van der Waals surface area contributed by atoms with Crippen LogP contribution in [-0.2, 0) is 36.0 Å². The number of imidazole rings is 2. The zero-order valence-electron chi connectivity index (χ0n) is 13.8. The van der Waals surface area contributed by atoms with Gasteiger partial charge in [0.2, 0.25) is 12.7 Å². The lowest BCUT2D eigenvalue weighted by molar-refractivity contribution is -0.733. The summed E-state index contributed by atoms with van der Waals surface area (Å²) in [6, 6.07) is 0. The molecule has 0 N–H and O–H groups in total. The summed E-state index contributed by atoms with van der Waals surface area (Å²) < 4.78 is 19.5. The van der Waals surface area contributed by atoms with Gasteiger partial charge in [-0.05, 0) is 20.3 Å². The van der Waals surface area contributed by atoms with Gasteiger partial charge in [-0.25, -0.2) is 18.3 Å². The van der Waals surface area contributed by atoms with E-state index in [1.54, 1.807) is 0 Å². The average Bonchev–Trinajstić information content (AvgIpc) is 3.15. The smallest absolute Gasteiger partial charge is 0.245 e. The van der Waals surface area contributed by atoms with Crippen molar-refractivity contribution in [3.8, 4) is 0 Å². The van der Waals surface area contributed by atoms with Gasteiger partial charge in [0, 0.05) is 0 Å². The molecule has 23 heavy (non-hydrogen) atoms. The molecule has 0 aliphatic carbocycles. The molecule has 0 unspecified atom stereocenters. The Hall–Kier alpha value is -1.08. The lowest BCUT2D eigenvalue weighted by Crippen LogP contribution is -3.00. The second-order valence-electron chi connectivity index (χ2n) is 4.94. The van der Waals surface area contributed by atoms with Crippen molar-refractivity contribution in [3.05, 3.63) is 37.4 Å². The summed E-state index contributed by atoms with van der Waals surface area (Å²) in [5.74, 6) is 0. The quantitative estimate of drug-likeness (QED) is 0.312. The molecule has 0 saturated heterocycles. The third kappa shape index (κ3) is 7.83. The predicted molar refractivity (Wildman–Crippen MR) is 77.1 cm³/mol. The summed E-state index contributed by atoms with van der Waals surface area (Å²) in [4.78, 5) is 0. The maximum atomic E-state index is 5.61. The minimum Gasteiger partial charge on any atom is -1.00 e. The topological polar surface area (TPSA) is 36.1 Å². The van der Waals surface area contributed by atoms with Crippen LogP contribution in [0.25, 0.3) is 0 Å². The highest BCUT2D eigenvalue weighted by Crippen LogP contribution is 1.88. The fraction of sp³-hybridized carbons (Fsp3) is 0.600. The van der Waals surface area contributed by atoms with Crippen LogP contribution in [-0.4, -0.2) is 22.3 Å². The molecule has 0 aliphatic heterocycles. The minimum absolute atomic E-state index is 0. The van der Waals surface area contributed by atoms with Gasteiger partial charge >= 0.3 is 0 Å². The summed E-state index contributed by atoms with van der Waals surface area (Å²) >= 11 is 0. The first-order chi connectivity index (χ1) is 10.3. The summed E-state index contributed by atoms with van der Waals surface area (Å²) in [5, 5.41) is 0. The lowest BCUT2D eigenvalue weighted by atomic mass is 10.5. The van der Waals surface area contributed by atoms with Gasteiger partial charge in [-0.15, -0.1) is 0 Å². The Morgan fingerprint density at radius 2 is 1.22 bits per heavy atom. The van der Waals surface area contributed by atoms with E-state index in [-0.39, 0.29) is 24.8 Å². The van der Waals surface area contributed by atoms with Crippen molar-refractivity contribution in [2.24, 2.45) is 0 Å². The first-order valence-corrected chi connectivity index (χ1v) is 7.57. The molecule has 2 rings (SSSR count). The van der Waals surface area contributed by atoms with Gasteiger partial charge in [0.15, 0.2) is 13.5 Å². The predicted octanol–water partition coefficient (Wildman–Crippen LogP) is -5.05. The van der Waals surface area contributed by atoms with Crippen LogP contribution in [0, 0.1) is 0 Å². The minimum atomic E-state index is 0. The molecule has 0 amide bonds. The van der Waals surface area contributed by atoms with Crippen molar-refractivity contribution in [3.63, 3.8) is 0 Å². The lowest BCUT2D eigenvalue weighted by Gasteiger charge is -2.02. The SMILES string of the molecule is CCn1cc[n+](COCCCOC[n+]2ccn(CC)c2)c1.[Cl-].[Cl-]. The first kappa shape index (κ1) is 21.9. The Morgan fingerprint density at radius 1 is 0.783 bits per heavy atom. The van der Waals surface area contributed by atoms with Crippen LogP contribution in [0.5, 0.6) is 0 Å². The van der Waals surface area contributed by atoms with Gasteiger partial charge in [0.1, 0.15) is 24.8 Å². The summed E-state index contributed by atoms with van der Waals surface area (Å²) in [6.07, 6.45) is 13.1. The summed E-state index contributed by atoms with van der Waals surface area (Å²) in [5.41, 5.74) is 0. The summed E-state index contributed by atoms with van der Waals surface area (Å²) in [6.45, 7) is 8.83. The van der Waals surface area contributed by atoms with E-state index in [4.69, 9.17) is 9.47 Å². The molecule has 0 radical (unpaired) electrons. The maximum Gasteiger partial charge on any atom is 0.245 e. The van der Waals surface area contributed by atoms with Crippen molar-refractivity contribution in [2.75, 3.05) is 13.2 Å². The number of halogens is 2. The number of rotatable bonds is 10. The Morgan fingerprint density at radius 3 is 1.57 bits per heavy atom. The van der Waals surface area contributed by atoms with E-state index in [1.807, 2.05) is 46.6 Å². The molecule has 0 aliphatic rings. The zero-order valence-corrected chi connectivity index (χ0v) is 15.3. The molecule has 0 spiro atoms. The fourth-order valence-electron chi connectivity index (χ4n) is 2.01. The molecular formula is C15H26Cl2N4O2. The fourth-order valence-corrected chi connectivity index (χ4v) is 2.01. The second-order valence-corrected chi connectivity index (χ2v) is 4.94. The van der Waals surface area contributed by atoms with Crippen LogP contribution < -0.4 is 33.9 Å². The van der Waals surface area contributed by atoms with Gasteiger partial charge in [0.25, 0.3) is 0 Å². The van der Waals surface area contributed by atoms with Gasteiger partial charge in [-0.1, -0.05) is 0 Å². The van der Waals surface area contributed by atoms with E-state index < -0.39 is 0 Å². The molecule has 132 valence electrons. The van der Waals surface area contributed by atoms with Crippen LogP contribution in [0.1, 0.15) is 20.3 Å². The van der Waals surface area contributed by atoms with Crippen molar-refractivity contribution < 1.29 is 43.4 Å². The number of hydrogen-bond donors (Lipinski definition) is 0. The highest BCUT2D eigenvalue weighted by Gasteiger charge is 2.02. The zero-order chi connectivity index (χ0) is 14.9. The van der Waals surface area contributed by atoms with Crippen molar-refractivity contribution in [1.82, 2.24) is 9.13 Å². The largest absolute Gasteiger partial charge is 1.00 e. The Balaban J connectivity index is 0.00000242. The first-order valence-electron chi connectivity index (χ1n) is 7.57. The molecule has 8 heteroatoms. The summed E-state index contributed by atoms with van der Waals surface area (Å²) in [7, 11) is 0. The van der Waals surface area contributed by atoms with Gasteiger partial charge in [-0.3, -0.25) is 0 Å². The van der Waals surface area contributed by atoms with E-state index >= 15 is 0 Å². The van der Waals surface area contributed by atoms with Crippen LogP contribution in [0.2, 0.25) is 0 Å². The van der Waals surface area contributed by atoms with Crippen LogP contribution in [0.15, 0.2) is 37.4 Å². The van der Waals surface area contributed by atoms with Crippen molar-refractivity contribution >= 4 is 0 Å². The van der Waals surface area contributed by atoms with Gasteiger partial charge in [0.05, 0.1) is 26.3 Å². The molecule has 6 nitrogen and oxygen atoms in total. The highest BCUT2D eigenvalue weighted by molar-refractivity contribution is 4.64. The van der Waals surface area contributed by atoms with Gasteiger partial charge in [-0.2, -0.15) is 0 Å². The number of hydrogen-bond acceptors (Lipinski definition) is 2. The van der Waals surface area contributed by atoms with E-state index in [9.17, 15) is 0 Å².